The summed E-state index contributed by atoms with van der Waals surface area (Å²) >= 11 is 0. The number of aromatic nitrogens is 4. The summed E-state index contributed by atoms with van der Waals surface area (Å²) < 4.78 is 12.0. The Morgan fingerprint density at radius 2 is 2.09 bits per heavy atom. The molecule has 13 nitrogen and oxygen atoms in total. The van der Waals surface area contributed by atoms with E-state index in [1.807, 2.05) is 4.90 Å². The molecule has 5 N–H and O–H groups in total. The first-order valence-electron chi connectivity index (χ1n) is 11.0. The van der Waals surface area contributed by atoms with Crippen LogP contribution >= 0.6 is 0 Å². The molecular weight excluding hydrogens is 434 g/mol. The number of piperidine rings is 1. The van der Waals surface area contributed by atoms with Crippen LogP contribution in [0.4, 0.5) is 5.82 Å². The van der Waals surface area contributed by atoms with Gasteiger partial charge in [0.2, 0.25) is 0 Å². The first-order chi connectivity index (χ1) is 15.8. The number of hydrogen-bond acceptors (Lipinski definition) is 11. The summed E-state index contributed by atoms with van der Waals surface area (Å²) in [7, 11) is 1.36. The monoisotopic (exact) mass is 463 g/mol. The largest absolute Gasteiger partial charge is 0.468 e. The number of nitrogens with zero attached hydrogens (tertiary/aromatic N) is 5. The van der Waals surface area contributed by atoms with E-state index in [0.717, 1.165) is 12.8 Å². The maximum atomic E-state index is 12.2. The van der Waals surface area contributed by atoms with Crippen molar-refractivity contribution in [3.05, 3.63) is 12.2 Å². The topological polar surface area (TPSA) is 178 Å². The second-order valence-electron chi connectivity index (χ2n) is 8.18. The van der Waals surface area contributed by atoms with Crippen LogP contribution in [0.15, 0.2) is 6.33 Å². The SMILES string of the molecule is CCNC(=O)[C@H]1O[C@@H](n2cnc3c(N)nc(CN4CCCCC4C(=O)OC)nc32)C(O)C1O. The minimum Gasteiger partial charge on any atom is -0.468 e. The van der Waals surface area contributed by atoms with Crippen molar-refractivity contribution in [2.24, 2.45) is 0 Å². The highest BCUT2D eigenvalue weighted by Crippen LogP contribution is 2.32. The van der Waals surface area contributed by atoms with Gasteiger partial charge in [0.05, 0.1) is 20.0 Å². The fourth-order valence-electron chi connectivity index (χ4n) is 4.39. The van der Waals surface area contributed by atoms with Crippen molar-refractivity contribution < 1.29 is 29.3 Å². The van der Waals surface area contributed by atoms with Crippen LogP contribution in [0.2, 0.25) is 0 Å². The number of fused-ring (bicyclic) bond motifs is 1. The lowest BCUT2D eigenvalue weighted by Crippen LogP contribution is -2.45. The van der Waals surface area contributed by atoms with Crippen molar-refractivity contribution >= 4 is 28.9 Å². The van der Waals surface area contributed by atoms with Gasteiger partial charge in [0.15, 0.2) is 23.8 Å². The lowest BCUT2D eigenvalue weighted by atomic mass is 10.0. The molecule has 0 spiro atoms. The number of ether oxygens (including phenoxy) is 2. The predicted molar refractivity (Wildman–Crippen MR) is 114 cm³/mol. The average molecular weight is 463 g/mol. The number of nitrogen functional groups attached to an aromatic ring is 1. The van der Waals surface area contributed by atoms with E-state index < -0.39 is 30.4 Å². The number of imidazole rings is 1. The van der Waals surface area contributed by atoms with Crippen molar-refractivity contribution in [2.75, 3.05) is 25.9 Å². The Bertz CT molecular complexity index is 1030. The molecule has 2 aromatic rings. The predicted octanol–water partition coefficient (Wildman–Crippen LogP) is -1.31. The summed E-state index contributed by atoms with van der Waals surface area (Å²) in [6, 6.07) is -0.387. The number of likely N-dealkylation sites (N-methyl/N-ethyl adjacent to an activating group) is 1. The number of anilines is 1. The molecule has 13 heteroatoms. The van der Waals surface area contributed by atoms with Gasteiger partial charge < -0.3 is 30.7 Å². The number of aliphatic hydroxyl groups excluding tert-OH is 2. The standard InChI is InChI=1S/C20H29N7O6/c1-3-22-18(30)15-13(28)14(29)19(33-15)27-9-23-12-16(21)24-11(25-17(12)27)8-26-7-5-4-6-10(26)20(31)32-2/h9-10,13-15,19,28-29H,3-8H2,1-2H3,(H,22,30)(H2,21,24,25)/t10?,13?,14?,15-,19+/m0/s1. The average Bonchev–Trinajstić information content (AvgIpc) is 3.35. The van der Waals surface area contributed by atoms with Crippen molar-refractivity contribution in [3.63, 3.8) is 0 Å². The zero-order valence-electron chi connectivity index (χ0n) is 18.5. The number of rotatable bonds is 6. The van der Waals surface area contributed by atoms with Crippen LogP contribution in [0.5, 0.6) is 0 Å². The van der Waals surface area contributed by atoms with Gasteiger partial charge in [0.25, 0.3) is 5.91 Å². The van der Waals surface area contributed by atoms with E-state index in [1.54, 1.807) is 6.92 Å². The van der Waals surface area contributed by atoms with Crippen molar-refractivity contribution in [1.29, 1.82) is 0 Å². The minimum absolute atomic E-state index is 0.133. The molecule has 180 valence electrons. The number of nitrogens with two attached hydrogens (primary N) is 1. The van der Waals surface area contributed by atoms with Gasteiger partial charge in [-0.3, -0.25) is 19.1 Å². The molecule has 1 amide bonds. The van der Waals surface area contributed by atoms with E-state index in [9.17, 15) is 19.8 Å². The van der Waals surface area contributed by atoms with E-state index in [0.29, 0.717) is 30.9 Å². The van der Waals surface area contributed by atoms with Crippen LogP contribution in [-0.4, -0.2) is 91.1 Å². The van der Waals surface area contributed by atoms with Gasteiger partial charge in [-0.05, 0) is 26.3 Å². The zero-order chi connectivity index (χ0) is 23.7. The summed E-state index contributed by atoms with van der Waals surface area (Å²) in [6.45, 7) is 3.05. The van der Waals surface area contributed by atoms with Crippen LogP contribution in [-0.2, 0) is 25.6 Å². The number of amides is 1. The maximum Gasteiger partial charge on any atom is 0.323 e. The Morgan fingerprint density at radius 1 is 1.30 bits per heavy atom. The maximum absolute atomic E-state index is 12.2. The van der Waals surface area contributed by atoms with Gasteiger partial charge in [-0.1, -0.05) is 6.42 Å². The Kier molecular flexibility index (Phi) is 6.74. The van der Waals surface area contributed by atoms with Gasteiger partial charge in [0.1, 0.15) is 29.6 Å². The Hall–Kier alpha value is -2.87. The van der Waals surface area contributed by atoms with Crippen molar-refractivity contribution in [3.8, 4) is 0 Å². The van der Waals surface area contributed by atoms with Crippen LogP contribution in [0.1, 0.15) is 38.2 Å². The van der Waals surface area contributed by atoms with Gasteiger partial charge in [-0.25, -0.2) is 15.0 Å². The lowest BCUT2D eigenvalue weighted by molar-refractivity contribution is -0.148. The Morgan fingerprint density at radius 3 is 2.82 bits per heavy atom. The molecule has 33 heavy (non-hydrogen) atoms. The summed E-state index contributed by atoms with van der Waals surface area (Å²) in [6.07, 6.45) is -1.23. The highest BCUT2D eigenvalue weighted by Gasteiger charge is 2.47. The fraction of sp³-hybridized carbons (Fsp3) is 0.650. The normalized spacial score (nSPS) is 28.2. The first kappa shape index (κ1) is 23.3. The second-order valence-corrected chi connectivity index (χ2v) is 8.18. The number of nitrogens with one attached hydrogen (secondary N) is 1. The van der Waals surface area contributed by atoms with E-state index >= 15 is 0 Å². The molecule has 0 aromatic carbocycles. The lowest BCUT2D eigenvalue weighted by Gasteiger charge is -2.33. The quantitative estimate of drug-likeness (QED) is 0.374. The molecule has 4 heterocycles. The molecule has 5 atom stereocenters. The summed E-state index contributed by atoms with van der Waals surface area (Å²) in [5.74, 6) is -0.328. The Labute approximate surface area is 189 Å². The third-order valence-electron chi connectivity index (χ3n) is 6.05. The molecule has 2 aliphatic heterocycles. The number of esters is 1. The van der Waals surface area contributed by atoms with Gasteiger partial charge >= 0.3 is 5.97 Å². The number of hydrogen-bond donors (Lipinski definition) is 4. The molecule has 0 radical (unpaired) electrons. The van der Waals surface area contributed by atoms with E-state index in [4.69, 9.17) is 15.2 Å². The third-order valence-corrected chi connectivity index (χ3v) is 6.05. The van der Waals surface area contributed by atoms with Crippen molar-refractivity contribution in [1.82, 2.24) is 29.7 Å². The van der Waals surface area contributed by atoms with E-state index in [1.165, 1.54) is 18.0 Å². The molecule has 2 fully saturated rings. The zero-order valence-corrected chi connectivity index (χ0v) is 18.5. The molecule has 2 aliphatic rings. The number of aliphatic hydroxyl groups is 2. The molecule has 4 rings (SSSR count). The van der Waals surface area contributed by atoms with Gasteiger partial charge in [-0.15, -0.1) is 0 Å². The smallest absolute Gasteiger partial charge is 0.323 e. The molecule has 2 saturated heterocycles. The molecule has 0 bridgehead atoms. The summed E-state index contributed by atoms with van der Waals surface area (Å²) in [5.41, 5.74) is 6.71. The Balaban J connectivity index is 1.63. The summed E-state index contributed by atoms with van der Waals surface area (Å²) in [4.78, 5) is 39.5. The molecular formula is C20H29N7O6. The number of likely N-dealkylation sites (tertiary alicyclic amines) is 1. The van der Waals surface area contributed by atoms with Crippen LogP contribution in [0.3, 0.4) is 0 Å². The highest BCUT2D eigenvalue weighted by molar-refractivity contribution is 5.83. The minimum atomic E-state index is -1.42. The fourth-order valence-corrected chi connectivity index (χ4v) is 4.39. The van der Waals surface area contributed by atoms with Crippen LogP contribution < -0.4 is 11.1 Å². The first-order valence-corrected chi connectivity index (χ1v) is 11.0. The third kappa shape index (κ3) is 4.36. The van der Waals surface area contributed by atoms with Crippen molar-refractivity contribution in [2.45, 2.75) is 63.3 Å². The van der Waals surface area contributed by atoms with Gasteiger partial charge in [-0.2, -0.15) is 0 Å². The molecule has 3 unspecified atom stereocenters. The number of carbonyl (C=O) groups excluding carboxylic acids is 2. The number of carbonyl (C=O) groups is 2. The molecule has 0 aliphatic carbocycles. The van der Waals surface area contributed by atoms with Crippen LogP contribution in [0.25, 0.3) is 11.2 Å². The molecule has 0 saturated carbocycles. The highest BCUT2D eigenvalue weighted by atomic mass is 16.6. The van der Waals surface area contributed by atoms with Crippen LogP contribution in [0, 0.1) is 0 Å². The number of methoxy groups -OCH3 is 1. The van der Waals surface area contributed by atoms with E-state index in [2.05, 4.69) is 20.3 Å². The molecule has 2 aromatic heterocycles. The summed E-state index contributed by atoms with van der Waals surface area (Å²) in [5, 5.41) is 23.5. The van der Waals surface area contributed by atoms with E-state index in [-0.39, 0.29) is 30.0 Å². The van der Waals surface area contributed by atoms with Gasteiger partial charge in [0, 0.05) is 6.54 Å². The second kappa shape index (κ2) is 9.55.